The first kappa shape index (κ1) is 15.1. The summed E-state index contributed by atoms with van der Waals surface area (Å²) >= 11 is 1.32. The molecule has 2 aromatic carbocycles. The molecule has 1 aromatic heterocycles. The van der Waals surface area contributed by atoms with Gasteiger partial charge in [-0.2, -0.15) is 0 Å². The van der Waals surface area contributed by atoms with Gasteiger partial charge in [0.05, 0.1) is 0 Å². The minimum Gasteiger partial charge on any atom is -0.508 e. The second-order valence-electron chi connectivity index (χ2n) is 5.05. The lowest BCUT2D eigenvalue weighted by Gasteiger charge is -2.30. The molecule has 0 saturated carbocycles. The molecule has 0 aliphatic heterocycles. The second-order valence-corrected chi connectivity index (χ2v) is 5.94. The van der Waals surface area contributed by atoms with Crippen LogP contribution in [0.2, 0.25) is 0 Å². The van der Waals surface area contributed by atoms with Gasteiger partial charge < -0.3 is 15.9 Å². The zero-order chi connectivity index (χ0) is 16.4. The quantitative estimate of drug-likeness (QED) is 0.686. The van der Waals surface area contributed by atoms with Crippen LogP contribution in [0.1, 0.15) is 16.1 Å². The number of amides is 1. The molecule has 0 spiro atoms. The predicted molar refractivity (Wildman–Crippen MR) is 87.4 cm³/mol. The number of nitrogens with two attached hydrogens (primary N) is 1. The van der Waals surface area contributed by atoms with Crippen molar-refractivity contribution < 1.29 is 15.0 Å². The van der Waals surface area contributed by atoms with Gasteiger partial charge in [-0.1, -0.05) is 24.3 Å². The van der Waals surface area contributed by atoms with E-state index in [1.807, 2.05) is 0 Å². The van der Waals surface area contributed by atoms with Gasteiger partial charge in [-0.05, 0) is 35.4 Å². The highest BCUT2D eigenvalue weighted by molar-refractivity contribution is 7.10. The number of phenols is 2. The van der Waals surface area contributed by atoms with Crippen LogP contribution < -0.4 is 5.73 Å². The molecule has 3 rings (SSSR count). The summed E-state index contributed by atoms with van der Waals surface area (Å²) in [6, 6.07) is 12.6. The van der Waals surface area contributed by atoms with E-state index in [1.54, 1.807) is 35.8 Å². The van der Waals surface area contributed by atoms with Crippen molar-refractivity contribution in [1.82, 2.24) is 4.98 Å². The number of nitrogens with zero attached hydrogens (tertiary/aromatic N) is 1. The lowest BCUT2D eigenvalue weighted by Crippen LogP contribution is -2.43. The Hall–Kier alpha value is -2.86. The number of primary amides is 1. The smallest absolute Gasteiger partial charge is 0.239 e. The molecule has 6 heteroatoms. The maximum atomic E-state index is 12.6. The minimum absolute atomic E-state index is 0.0944. The number of phenolic OH excluding ortho intramolecular Hbond substituents is 2. The summed E-state index contributed by atoms with van der Waals surface area (Å²) in [5.41, 5.74) is 5.72. The van der Waals surface area contributed by atoms with E-state index in [1.165, 1.54) is 35.6 Å². The Kier molecular flexibility index (Phi) is 3.75. The Bertz CT molecular complexity index is 767. The molecule has 5 nitrogen and oxygen atoms in total. The van der Waals surface area contributed by atoms with Gasteiger partial charge >= 0.3 is 0 Å². The van der Waals surface area contributed by atoms with E-state index < -0.39 is 11.3 Å². The maximum absolute atomic E-state index is 12.6. The number of aromatic hydroxyl groups is 2. The van der Waals surface area contributed by atoms with Gasteiger partial charge in [0.2, 0.25) is 5.91 Å². The molecule has 1 heterocycles. The van der Waals surface area contributed by atoms with Crippen molar-refractivity contribution in [2.75, 3.05) is 0 Å². The van der Waals surface area contributed by atoms with E-state index >= 15 is 0 Å². The fourth-order valence-corrected chi connectivity index (χ4v) is 3.52. The first-order valence-electron chi connectivity index (χ1n) is 6.84. The van der Waals surface area contributed by atoms with Gasteiger partial charge in [-0.3, -0.25) is 4.79 Å². The molecule has 0 unspecified atom stereocenters. The van der Waals surface area contributed by atoms with Crippen LogP contribution in [0.5, 0.6) is 11.5 Å². The second kappa shape index (κ2) is 5.73. The summed E-state index contributed by atoms with van der Waals surface area (Å²) in [6.07, 6.45) is 1.61. The third kappa shape index (κ3) is 2.43. The van der Waals surface area contributed by atoms with Crippen molar-refractivity contribution >= 4 is 17.2 Å². The number of hydrogen-bond donors (Lipinski definition) is 3. The van der Waals surface area contributed by atoms with Crippen LogP contribution in [0.3, 0.4) is 0 Å². The van der Waals surface area contributed by atoms with Gasteiger partial charge in [0.25, 0.3) is 0 Å². The Balaban J connectivity index is 2.33. The SMILES string of the molecule is NC(=O)C(c1ccc(O)cc1)(c1ccc(O)cc1)c1nccs1. The topological polar surface area (TPSA) is 96.4 Å². The first-order chi connectivity index (χ1) is 11.0. The molecule has 23 heavy (non-hydrogen) atoms. The van der Waals surface area contributed by atoms with E-state index in [-0.39, 0.29) is 11.5 Å². The van der Waals surface area contributed by atoms with Crippen LogP contribution in [0.4, 0.5) is 0 Å². The monoisotopic (exact) mass is 326 g/mol. The van der Waals surface area contributed by atoms with Crippen molar-refractivity contribution in [3.05, 3.63) is 76.2 Å². The van der Waals surface area contributed by atoms with Gasteiger partial charge in [-0.25, -0.2) is 4.98 Å². The fourth-order valence-electron chi connectivity index (χ4n) is 2.64. The van der Waals surface area contributed by atoms with E-state index in [2.05, 4.69) is 4.98 Å². The molecule has 1 amide bonds. The van der Waals surface area contributed by atoms with Gasteiger partial charge in [0.1, 0.15) is 16.5 Å². The van der Waals surface area contributed by atoms with Crippen LogP contribution in [0.25, 0.3) is 0 Å². The summed E-state index contributed by atoms with van der Waals surface area (Å²) in [6.45, 7) is 0. The molecular weight excluding hydrogens is 312 g/mol. The van der Waals surface area contributed by atoms with Crippen LogP contribution in [0.15, 0.2) is 60.1 Å². The predicted octanol–water partition coefficient (Wildman–Crippen LogP) is 2.37. The Morgan fingerprint density at radius 3 is 1.78 bits per heavy atom. The number of carbonyl (C=O) groups excluding carboxylic acids is 1. The van der Waals surface area contributed by atoms with Crippen molar-refractivity contribution in [2.45, 2.75) is 5.41 Å². The Morgan fingerprint density at radius 1 is 0.957 bits per heavy atom. The van der Waals surface area contributed by atoms with Gasteiger partial charge in [0, 0.05) is 11.6 Å². The lowest BCUT2D eigenvalue weighted by molar-refractivity contribution is -0.120. The summed E-state index contributed by atoms with van der Waals surface area (Å²) in [5, 5.41) is 21.4. The average Bonchev–Trinajstić information content (AvgIpc) is 3.06. The van der Waals surface area contributed by atoms with E-state index in [0.29, 0.717) is 16.1 Å². The van der Waals surface area contributed by atoms with Crippen LogP contribution >= 0.6 is 11.3 Å². The molecule has 4 N–H and O–H groups in total. The number of carbonyl (C=O) groups is 1. The number of rotatable bonds is 4. The van der Waals surface area contributed by atoms with Crippen LogP contribution in [-0.4, -0.2) is 21.1 Å². The van der Waals surface area contributed by atoms with Crippen molar-refractivity contribution in [3.8, 4) is 11.5 Å². The molecule has 116 valence electrons. The normalized spacial score (nSPS) is 11.3. The highest BCUT2D eigenvalue weighted by Gasteiger charge is 2.44. The number of hydrogen-bond acceptors (Lipinski definition) is 5. The number of benzene rings is 2. The zero-order valence-electron chi connectivity index (χ0n) is 12.0. The Labute approximate surface area is 136 Å². The van der Waals surface area contributed by atoms with Gasteiger partial charge in [0.15, 0.2) is 5.41 Å². The molecule has 0 saturated heterocycles. The molecular formula is C17H14N2O3S. The van der Waals surface area contributed by atoms with Crippen LogP contribution in [-0.2, 0) is 10.2 Å². The molecule has 0 aliphatic rings. The fraction of sp³-hybridized carbons (Fsp3) is 0.0588. The molecule has 0 fully saturated rings. The number of aromatic nitrogens is 1. The van der Waals surface area contributed by atoms with Crippen LogP contribution in [0, 0.1) is 0 Å². The number of thiazole rings is 1. The summed E-state index contributed by atoms with van der Waals surface area (Å²) in [5.74, 6) is -0.391. The highest BCUT2D eigenvalue weighted by atomic mass is 32.1. The maximum Gasteiger partial charge on any atom is 0.239 e. The summed E-state index contributed by atoms with van der Waals surface area (Å²) in [4.78, 5) is 16.9. The van der Waals surface area contributed by atoms with Crippen molar-refractivity contribution in [2.24, 2.45) is 5.73 Å². The zero-order valence-corrected chi connectivity index (χ0v) is 12.8. The van der Waals surface area contributed by atoms with E-state index in [0.717, 1.165) is 0 Å². The van der Waals surface area contributed by atoms with Gasteiger partial charge in [-0.15, -0.1) is 11.3 Å². The molecule has 3 aromatic rings. The highest BCUT2D eigenvalue weighted by Crippen LogP contribution is 2.41. The third-order valence-electron chi connectivity index (χ3n) is 3.72. The third-order valence-corrected chi connectivity index (χ3v) is 4.62. The molecule has 0 atom stereocenters. The molecule has 0 bridgehead atoms. The Morgan fingerprint density at radius 2 is 1.43 bits per heavy atom. The summed E-state index contributed by atoms with van der Waals surface area (Å²) < 4.78 is 0. The van der Waals surface area contributed by atoms with Crippen molar-refractivity contribution in [1.29, 1.82) is 0 Å². The van der Waals surface area contributed by atoms with Crippen molar-refractivity contribution in [3.63, 3.8) is 0 Å². The standard InChI is InChI=1S/C17H14N2O3S/c18-15(22)17(16-19-9-10-23-16,11-1-5-13(20)6-2-11)12-3-7-14(21)8-4-12/h1-10,20-21H,(H2,18,22). The molecule has 0 radical (unpaired) electrons. The average molecular weight is 326 g/mol. The minimum atomic E-state index is -1.28. The lowest BCUT2D eigenvalue weighted by atomic mass is 9.74. The summed E-state index contributed by atoms with van der Waals surface area (Å²) in [7, 11) is 0. The van der Waals surface area contributed by atoms with E-state index in [9.17, 15) is 15.0 Å². The first-order valence-corrected chi connectivity index (χ1v) is 7.72. The van der Waals surface area contributed by atoms with E-state index in [4.69, 9.17) is 5.73 Å². The molecule has 0 aliphatic carbocycles. The largest absolute Gasteiger partial charge is 0.508 e.